The Labute approximate surface area is 114 Å². The molecule has 0 saturated carbocycles. The largest absolute Gasteiger partial charge is 0.478 e. The van der Waals surface area contributed by atoms with Crippen molar-refractivity contribution >= 4 is 17.3 Å². The van der Waals surface area contributed by atoms with Crippen LogP contribution in [-0.2, 0) is 4.74 Å². The number of carbonyl (C=O) groups is 1. The lowest BCUT2D eigenvalue weighted by Crippen LogP contribution is -2.21. The minimum absolute atomic E-state index is 0.0601. The maximum atomic E-state index is 13.5. The summed E-state index contributed by atoms with van der Waals surface area (Å²) >= 11 is 0. The standard InChI is InChI=1S/C12H15FN2O5/c1-14(4-3-5-20-2)10-6-8(12(16)17)9(13)7-11(10)15(18)19/h6-7H,3-5H2,1-2H3,(H,16,17). The van der Waals surface area contributed by atoms with Crippen LogP contribution in [0.2, 0.25) is 0 Å². The van der Waals surface area contributed by atoms with E-state index in [1.807, 2.05) is 0 Å². The van der Waals surface area contributed by atoms with E-state index in [2.05, 4.69) is 0 Å². The molecule has 0 bridgehead atoms. The summed E-state index contributed by atoms with van der Waals surface area (Å²) < 4.78 is 18.4. The summed E-state index contributed by atoms with van der Waals surface area (Å²) in [5.74, 6) is -2.60. The third-order valence-electron chi connectivity index (χ3n) is 2.74. The summed E-state index contributed by atoms with van der Waals surface area (Å²) in [4.78, 5) is 22.6. The summed E-state index contributed by atoms with van der Waals surface area (Å²) in [5.41, 5.74) is -0.999. The Hall–Kier alpha value is -2.22. The molecule has 0 spiro atoms. The van der Waals surface area contributed by atoms with Crippen LogP contribution in [0.5, 0.6) is 0 Å². The lowest BCUT2D eigenvalue weighted by Gasteiger charge is -2.19. The fourth-order valence-electron chi connectivity index (χ4n) is 1.73. The van der Waals surface area contributed by atoms with Gasteiger partial charge in [-0.3, -0.25) is 10.1 Å². The second-order valence-corrected chi connectivity index (χ2v) is 4.15. The normalized spacial score (nSPS) is 10.3. The van der Waals surface area contributed by atoms with Crippen LogP contribution >= 0.6 is 0 Å². The smallest absolute Gasteiger partial charge is 0.338 e. The quantitative estimate of drug-likeness (QED) is 0.467. The van der Waals surface area contributed by atoms with E-state index in [-0.39, 0.29) is 5.69 Å². The highest BCUT2D eigenvalue weighted by Gasteiger charge is 2.23. The van der Waals surface area contributed by atoms with E-state index in [9.17, 15) is 19.3 Å². The molecule has 7 nitrogen and oxygen atoms in total. The molecule has 0 fully saturated rings. The molecule has 0 atom stereocenters. The van der Waals surface area contributed by atoms with Gasteiger partial charge in [0.1, 0.15) is 11.5 Å². The molecule has 1 N–H and O–H groups in total. The minimum Gasteiger partial charge on any atom is -0.478 e. The van der Waals surface area contributed by atoms with Crippen LogP contribution in [0.3, 0.4) is 0 Å². The van der Waals surface area contributed by atoms with Crippen molar-refractivity contribution in [3.63, 3.8) is 0 Å². The first-order valence-corrected chi connectivity index (χ1v) is 5.79. The summed E-state index contributed by atoms with van der Waals surface area (Å²) in [6, 6.07) is 1.61. The lowest BCUT2D eigenvalue weighted by atomic mass is 10.1. The van der Waals surface area contributed by atoms with Crippen molar-refractivity contribution in [3.05, 3.63) is 33.6 Å². The molecule has 20 heavy (non-hydrogen) atoms. The van der Waals surface area contributed by atoms with E-state index in [4.69, 9.17) is 9.84 Å². The van der Waals surface area contributed by atoms with Gasteiger partial charge in [-0.1, -0.05) is 0 Å². The number of anilines is 1. The van der Waals surface area contributed by atoms with E-state index < -0.39 is 28.0 Å². The number of carboxylic acids is 1. The topological polar surface area (TPSA) is 92.9 Å². The van der Waals surface area contributed by atoms with Crippen LogP contribution < -0.4 is 4.90 Å². The summed E-state index contributed by atoms with van der Waals surface area (Å²) in [6.45, 7) is 0.879. The van der Waals surface area contributed by atoms with Gasteiger partial charge in [0.25, 0.3) is 5.69 Å². The van der Waals surface area contributed by atoms with Crippen LogP contribution in [-0.4, -0.2) is 43.3 Å². The average molecular weight is 286 g/mol. The second-order valence-electron chi connectivity index (χ2n) is 4.15. The molecule has 0 radical (unpaired) electrons. The molecule has 0 saturated heterocycles. The summed E-state index contributed by atoms with van der Waals surface area (Å²) in [6.07, 6.45) is 0.601. The number of halogens is 1. The number of carboxylic acid groups (broad SMARTS) is 1. The zero-order valence-corrected chi connectivity index (χ0v) is 11.1. The number of nitro groups is 1. The molecule has 1 rings (SSSR count). The summed E-state index contributed by atoms with van der Waals surface area (Å²) in [5, 5.41) is 19.8. The Kier molecular flexibility index (Phi) is 5.39. The van der Waals surface area contributed by atoms with Crippen molar-refractivity contribution in [3.8, 4) is 0 Å². The van der Waals surface area contributed by atoms with Crippen molar-refractivity contribution < 1.29 is 24.0 Å². The van der Waals surface area contributed by atoms with Gasteiger partial charge in [-0.25, -0.2) is 9.18 Å². The van der Waals surface area contributed by atoms with Crippen molar-refractivity contribution in [1.29, 1.82) is 0 Å². The van der Waals surface area contributed by atoms with Gasteiger partial charge in [0, 0.05) is 27.3 Å². The number of aromatic carboxylic acids is 1. The SMILES string of the molecule is COCCCN(C)c1cc(C(=O)O)c(F)cc1[N+](=O)[O-]. The fourth-order valence-corrected chi connectivity index (χ4v) is 1.73. The highest BCUT2D eigenvalue weighted by molar-refractivity contribution is 5.90. The van der Waals surface area contributed by atoms with Crippen molar-refractivity contribution in [2.45, 2.75) is 6.42 Å². The highest BCUT2D eigenvalue weighted by Crippen LogP contribution is 2.30. The molecule has 0 heterocycles. The van der Waals surface area contributed by atoms with Gasteiger partial charge >= 0.3 is 5.97 Å². The van der Waals surface area contributed by atoms with Gasteiger partial charge < -0.3 is 14.7 Å². The number of nitrogens with zero attached hydrogens (tertiary/aromatic N) is 2. The molecule has 8 heteroatoms. The Morgan fingerprint density at radius 3 is 2.70 bits per heavy atom. The van der Waals surface area contributed by atoms with Gasteiger partial charge in [-0.15, -0.1) is 0 Å². The zero-order chi connectivity index (χ0) is 15.3. The van der Waals surface area contributed by atoms with Gasteiger partial charge in [0.2, 0.25) is 0 Å². The number of rotatable bonds is 7. The lowest BCUT2D eigenvalue weighted by molar-refractivity contribution is -0.384. The Bertz CT molecular complexity index is 521. The minimum atomic E-state index is -1.47. The van der Waals surface area contributed by atoms with Crippen LogP contribution in [0.15, 0.2) is 12.1 Å². The third kappa shape index (κ3) is 3.64. The Balaban J connectivity index is 3.16. The van der Waals surface area contributed by atoms with Crippen molar-refractivity contribution in [2.24, 2.45) is 0 Å². The first-order valence-electron chi connectivity index (χ1n) is 5.79. The molecular weight excluding hydrogens is 271 g/mol. The van der Waals surface area contributed by atoms with E-state index in [1.165, 1.54) is 12.0 Å². The monoisotopic (exact) mass is 286 g/mol. The number of hydrogen-bond donors (Lipinski definition) is 1. The van der Waals surface area contributed by atoms with E-state index in [1.54, 1.807) is 7.05 Å². The molecule has 0 aliphatic rings. The van der Waals surface area contributed by atoms with Crippen LogP contribution in [0.25, 0.3) is 0 Å². The number of hydrogen-bond acceptors (Lipinski definition) is 5. The second kappa shape index (κ2) is 6.80. The predicted octanol–water partition coefficient (Wildman–Crippen LogP) is 1.90. The maximum Gasteiger partial charge on any atom is 0.338 e. The molecule has 0 unspecified atom stereocenters. The Morgan fingerprint density at radius 1 is 1.55 bits per heavy atom. The predicted molar refractivity (Wildman–Crippen MR) is 69.8 cm³/mol. The maximum absolute atomic E-state index is 13.5. The van der Waals surface area contributed by atoms with Crippen LogP contribution in [0, 0.1) is 15.9 Å². The number of benzene rings is 1. The zero-order valence-electron chi connectivity index (χ0n) is 11.1. The van der Waals surface area contributed by atoms with E-state index >= 15 is 0 Å². The molecule has 1 aromatic carbocycles. The van der Waals surface area contributed by atoms with E-state index in [0.717, 1.165) is 6.07 Å². The van der Waals surface area contributed by atoms with Gasteiger partial charge in [-0.2, -0.15) is 0 Å². The molecular formula is C12H15FN2O5. The van der Waals surface area contributed by atoms with E-state index in [0.29, 0.717) is 25.6 Å². The number of nitro benzene ring substituents is 1. The number of methoxy groups -OCH3 is 1. The molecule has 0 aliphatic carbocycles. The fraction of sp³-hybridized carbons (Fsp3) is 0.417. The van der Waals surface area contributed by atoms with Gasteiger partial charge in [0.15, 0.2) is 0 Å². The molecule has 0 amide bonds. The van der Waals surface area contributed by atoms with Crippen LogP contribution in [0.4, 0.5) is 15.8 Å². The summed E-state index contributed by atoms with van der Waals surface area (Å²) in [7, 11) is 3.10. The Morgan fingerprint density at radius 2 is 2.20 bits per heavy atom. The first-order chi connectivity index (χ1) is 9.38. The molecule has 0 aliphatic heterocycles. The molecule has 0 aromatic heterocycles. The third-order valence-corrected chi connectivity index (χ3v) is 2.74. The van der Waals surface area contributed by atoms with Gasteiger partial charge in [0.05, 0.1) is 16.6 Å². The van der Waals surface area contributed by atoms with Crippen molar-refractivity contribution in [1.82, 2.24) is 0 Å². The van der Waals surface area contributed by atoms with Crippen molar-refractivity contribution in [2.75, 3.05) is 32.2 Å². The molecule has 110 valence electrons. The number of ether oxygens (including phenoxy) is 1. The average Bonchev–Trinajstić information content (AvgIpc) is 2.37. The highest BCUT2D eigenvalue weighted by atomic mass is 19.1. The van der Waals surface area contributed by atoms with Gasteiger partial charge in [-0.05, 0) is 12.5 Å². The first kappa shape index (κ1) is 15.8. The molecule has 1 aromatic rings. The van der Waals surface area contributed by atoms with Crippen LogP contribution in [0.1, 0.15) is 16.8 Å².